The van der Waals surface area contributed by atoms with Crippen molar-refractivity contribution in [2.75, 3.05) is 5.32 Å². The summed E-state index contributed by atoms with van der Waals surface area (Å²) >= 11 is 0. The van der Waals surface area contributed by atoms with Crippen LogP contribution in [0, 0.1) is 5.92 Å². The van der Waals surface area contributed by atoms with Crippen LogP contribution in [-0.2, 0) is 9.59 Å². The van der Waals surface area contributed by atoms with Gasteiger partial charge >= 0.3 is 5.97 Å². The Labute approximate surface area is 198 Å². The fraction of sp³-hybridized carbons (Fsp3) is 0.333. The van der Waals surface area contributed by atoms with Gasteiger partial charge in [-0.25, -0.2) is 4.79 Å². The van der Waals surface area contributed by atoms with E-state index in [9.17, 15) is 19.5 Å². The van der Waals surface area contributed by atoms with Crippen molar-refractivity contribution in [3.63, 3.8) is 0 Å². The number of nitrogens with zero attached hydrogens (tertiary/aromatic N) is 1. The predicted molar refractivity (Wildman–Crippen MR) is 131 cm³/mol. The largest absolute Gasteiger partial charge is 0.480 e. The molecule has 0 unspecified atom stereocenters. The lowest BCUT2D eigenvalue weighted by Crippen LogP contribution is -2.51. The number of fused-ring (bicyclic) bond motifs is 1. The van der Waals surface area contributed by atoms with Gasteiger partial charge in [-0.1, -0.05) is 30.3 Å². The van der Waals surface area contributed by atoms with E-state index >= 15 is 0 Å². The summed E-state index contributed by atoms with van der Waals surface area (Å²) in [4.78, 5) is 40.7. The minimum absolute atomic E-state index is 0.163. The molecular weight excluding hydrogens is 430 g/mol. The first-order valence-corrected chi connectivity index (χ1v) is 11.5. The predicted octanol–water partition coefficient (Wildman–Crippen LogP) is 4.74. The lowest BCUT2D eigenvalue weighted by atomic mass is 9.78. The van der Waals surface area contributed by atoms with Gasteiger partial charge in [-0.15, -0.1) is 0 Å². The summed E-state index contributed by atoms with van der Waals surface area (Å²) < 4.78 is 0. The summed E-state index contributed by atoms with van der Waals surface area (Å²) in [5, 5.41) is 15.7. The Kier molecular flexibility index (Phi) is 6.63. The Morgan fingerprint density at radius 2 is 1.65 bits per heavy atom. The quantitative estimate of drug-likeness (QED) is 0.493. The van der Waals surface area contributed by atoms with Crippen LogP contribution in [0.4, 0.5) is 5.69 Å². The number of para-hydroxylation sites is 1. The van der Waals surface area contributed by atoms with Crippen molar-refractivity contribution in [1.82, 2.24) is 10.3 Å². The first-order chi connectivity index (χ1) is 16.2. The number of aliphatic carboxylic acids is 1. The molecule has 7 nitrogen and oxygen atoms in total. The van der Waals surface area contributed by atoms with E-state index in [1.807, 2.05) is 54.6 Å². The topological polar surface area (TPSA) is 108 Å². The minimum Gasteiger partial charge on any atom is -0.480 e. The van der Waals surface area contributed by atoms with Crippen LogP contribution in [0.15, 0.2) is 60.8 Å². The second-order valence-electron chi connectivity index (χ2n) is 9.46. The molecule has 4 rings (SSSR count). The van der Waals surface area contributed by atoms with Crippen molar-refractivity contribution in [3.8, 4) is 0 Å². The second kappa shape index (κ2) is 9.63. The van der Waals surface area contributed by atoms with Gasteiger partial charge in [0.1, 0.15) is 5.54 Å². The summed E-state index contributed by atoms with van der Waals surface area (Å²) in [7, 11) is 0. The van der Waals surface area contributed by atoms with Crippen LogP contribution in [0.3, 0.4) is 0 Å². The van der Waals surface area contributed by atoms with E-state index in [0.29, 0.717) is 17.2 Å². The standard InChI is InChI=1S/C27H29N3O4/c1-27(2,26(33)34)30-25(32)19-9-7-17(8-10-19)18-11-13-22(14-12-18)29-24(31)21-15-20-5-3-4-6-23(20)28-16-21/h3-6,11-17,19H,7-10H2,1-2H3,(H,29,31)(H,30,32)(H,33,34). The van der Waals surface area contributed by atoms with E-state index in [1.165, 1.54) is 19.4 Å². The molecule has 0 radical (unpaired) electrons. The van der Waals surface area contributed by atoms with E-state index < -0.39 is 11.5 Å². The van der Waals surface area contributed by atoms with Crippen molar-refractivity contribution < 1.29 is 19.5 Å². The van der Waals surface area contributed by atoms with Gasteiger partial charge < -0.3 is 15.7 Å². The zero-order valence-electron chi connectivity index (χ0n) is 19.4. The summed E-state index contributed by atoms with van der Waals surface area (Å²) in [6, 6.07) is 17.3. The number of benzene rings is 2. The Morgan fingerprint density at radius 3 is 2.32 bits per heavy atom. The Hall–Kier alpha value is -3.74. The molecule has 1 aromatic heterocycles. The van der Waals surface area contributed by atoms with E-state index in [-0.39, 0.29) is 17.7 Å². The summed E-state index contributed by atoms with van der Waals surface area (Å²) in [5.41, 5.74) is 1.98. The Balaban J connectivity index is 1.32. The molecule has 1 aliphatic carbocycles. The molecule has 0 bridgehead atoms. The number of carbonyl (C=O) groups excluding carboxylic acids is 2. The van der Waals surface area contributed by atoms with E-state index in [2.05, 4.69) is 15.6 Å². The molecule has 2 aromatic carbocycles. The number of pyridine rings is 1. The Morgan fingerprint density at radius 1 is 0.971 bits per heavy atom. The molecule has 0 spiro atoms. The molecule has 1 heterocycles. The van der Waals surface area contributed by atoms with Gasteiger partial charge in [0.2, 0.25) is 5.91 Å². The van der Waals surface area contributed by atoms with Crippen LogP contribution >= 0.6 is 0 Å². The number of anilines is 1. The molecular formula is C27H29N3O4. The minimum atomic E-state index is -1.27. The first kappa shape index (κ1) is 23.4. The number of hydrogen-bond acceptors (Lipinski definition) is 4. The number of aromatic nitrogens is 1. The molecule has 1 saturated carbocycles. The zero-order valence-corrected chi connectivity index (χ0v) is 19.4. The average Bonchev–Trinajstić information content (AvgIpc) is 2.84. The van der Waals surface area contributed by atoms with Gasteiger partial charge in [0, 0.05) is 23.2 Å². The summed E-state index contributed by atoms with van der Waals surface area (Å²) in [6.07, 6.45) is 4.75. The molecule has 1 fully saturated rings. The lowest BCUT2D eigenvalue weighted by Gasteiger charge is -2.30. The number of carbonyl (C=O) groups is 3. The maximum absolute atomic E-state index is 12.7. The summed E-state index contributed by atoms with van der Waals surface area (Å²) in [6.45, 7) is 2.99. The SMILES string of the molecule is CC(C)(NC(=O)C1CCC(c2ccc(NC(=O)c3cnc4ccccc4c3)cc2)CC1)C(=O)O. The smallest absolute Gasteiger partial charge is 0.328 e. The van der Waals surface area contributed by atoms with Gasteiger partial charge in [-0.3, -0.25) is 14.6 Å². The fourth-order valence-electron chi connectivity index (χ4n) is 4.39. The molecule has 0 saturated heterocycles. The van der Waals surface area contributed by atoms with Crippen molar-refractivity contribution in [3.05, 3.63) is 71.9 Å². The van der Waals surface area contributed by atoms with Crippen LogP contribution in [0.2, 0.25) is 0 Å². The molecule has 0 atom stereocenters. The highest BCUT2D eigenvalue weighted by Crippen LogP contribution is 2.36. The maximum atomic E-state index is 12.7. The lowest BCUT2D eigenvalue weighted by molar-refractivity contribution is -0.146. The van der Waals surface area contributed by atoms with Gasteiger partial charge in [0.15, 0.2) is 0 Å². The number of carboxylic acids is 1. The molecule has 2 amide bonds. The fourth-order valence-corrected chi connectivity index (χ4v) is 4.39. The highest BCUT2D eigenvalue weighted by Gasteiger charge is 2.33. The third-order valence-electron chi connectivity index (χ3n) is 6.56. The molecule has 3 aromatic rings. The van der Waals surface area contributed by atoms with Crippen LogP contribution in [0.5, 0.6) is 0 Å². The highest BCUT2D eigenvalue weighted by molar-refractivity contribution is 6.05. The van der Waals surface area contributed by atoms with Crippen molar-refractivity contribution >= 4 is 34.4 Å². The van der Waals surface area contributed by atoms with E-state index in [0.717, 1.165) is 36.6 Å². The number of amides is 2. The monoisotopic (exact) mass is 459 g/mol. The highest BCUT2D eigenvalue weighted by atomic mass is 16.4. The zero-order chi connectivity index (χ0) is 24.3. The molecule has 0 aliphatic heterocycles. The molecule has 3 N–H and O–H groups in total. The second-order valence-corrected chi connectivity index (χ2v) is 9.46. The number of nitrogens with one attached hydrogen (secondary N) is 2. The molecule has 1 aliphatic rings. The number of hydrogen-bond donors (Lipinski definition) is 3. The average molecular weight is 460 g/mol. The molecule has 176 valence electrons. The van der Waals surface area contributed by atoms with Crippen molar-refractivity contribution in [2.45, 2.75) is 51.0 Å². The van der Waals surface area contributed by atoms with Crippen LogP contribution in [-0.4, -0.2) is 33.4 Å². The van der Waals surface area contributed by atoms with Crippen LogP contribution in [0.25, 0.3) is 10.9 Å². The van der Waals surface area contributed by atoms with Crippen molar-refractivity contribution in [2.24, 2.45) is 5.92 Å². The third kappa shape index (κ3) is 5.25. The van der Waals surface area contributed by atoms with Crippen LogP contribution in [0.1, 0.15) is 61.4 Å². The van der Waals surface area contributed by atoms with E-state index in [1.54, 1.807) is 6.20 Å². The third-order valence-corrected chi connectivity index (χ3v) is 6.56. The van der Waals surface area contributed by atoms with Crippen molar-refractivity contribution in [1.29, 1.82) is 0 Å². The normalized spacial score (nSPS) is 18.3. The summed E-state index contributed by atoms with van der Waals surface area (Å²) in [5.74, 6) is -1.26. The van der Waals surface area contributed by atoms with E-state index in [4.69, 9.17) is 0 Å². The van der Waals surface area contributed by atoms with Gasteiger partial charge in [0.25, 0.3) is 5.91 Å². The van der Waals surface area contributed by atoms with Gasteiger partial charge in [-0.05, 0) is 75.3 Å². The van der Waals surface area contributed by atoms with Gasteiger partial charge in [0.05, 0.1) is 11.1 Å². The Bertz CT molecular complexity index is 1210. The maximum Gasteiger partial charge on any atom is 0.328 e. The molecule has 7 heteroatoms. The number of carboxylic acid groups (broad SMARTS) is 1. The van der Waals surface area contributed by atoms with Crippen LogP contribution < -0.4 is 10.6 Å². The first-order valence-electron chi connectivity index (χ1n) is 11.5. The van der Waals surface area contributed by atoms with Gasteiger partial charge in [-0.2, -0.15) is 0 Å². The molecule has 34 heavy (non-hydrogen) atoms. The number of rotatable bonds is 6.